The number of amides is 2. The van der Waals surface area contributed by atoms with Crippen LogP contribution in [0.3, 0.4) is 0 Å². The topological polar surface area (TPSA) is 99.6 Å². The summed E-state index contributed by atoms with van der Waals surface area (Å²) in [6, 6.07) is 6.57. The number of hydrogen-bond donors (Lipinski definition) is 2. The molecule has 9 nitrogen and oxygen atoms in total. The van der Waals surface area contributed by atoms with Crippen molar-refractivity contribution in [3.05, 3.63) is 40.9 Å². The molecule has 0 saturated carbocycles. The largest absolute Gasteiger partial charge is 0.340 e. The first-order chi connectivity index (χ1) is 14.4. The molecular formula is C20H25FN6O3. The number of carbonyl (C=O) groups excluding carboxylic acids is 2. The van der Waals surface area contributed by atoms with Gasteiger partial charge in [-0.1, -0.05) is 12.1 Å². The number of nitrogens with one attached hydrogen (secondary N) is 2. The normalized spacial score (nSPS) is 25.3. The predicted molar refractivity (Wildman–Crippen MR) is 108 cm³/mol. The van der Waals surface area contributed by atoms with Crippen LogP contribution in [0.4, 0.5) is 4.39 Å². The molecule has 3 atom stereocenters. The number of carbonyl (C=O) groups is 2. The van der Waals surface area contributed by atoms with Gasteiger partial charge in [0.05, 0.1) is 17.2 Å². The molecule has 2 saturated heterocycles. The summed E-state index contributed by atoms with van der Waals surface area (Å²) in [5, 5.41) is 6.21. The molecule has 1 aromatic heterocycles. The number of para-hydroxylation sites is 1. The van der Waals surface area contributed by atoms with Crippen LogP contribution in [0.1, 0.15) is 13.3 Å². The van der Waals surface area contributed by atoms with Gasteiger partial charge in [-0.25, -0.2) is 9.37 Å². The van der Waals surface area contributed by atoms with Gasteiger partial charge in [0.1, 0.15) is 6.29 Å². The maximum Gasteiger partial charge on any atom is 0.261 e. The van der Waals surface area contributed by atoms with Gasteiger partial charge >= 0.3 is 0 Å². The predicted octanol–water partition coefficient (Wildman–Crippen LogP) is -0.340. The summed E-state index contributed by atoms with van der Waals surface area (Å²) in [6.07, 6.45) is -0.304. The van der Waals surface area contributed by atoms with Crippen LogP contribution < -0.4 is 16.2 Å². The summed E-state index contributed by atoms with van der Waals surface area (Å²) in [5.74, 6) is -0.647. The maximum atomic E-state index is 13.6. The minimum atomic E-state index is -1.56. The smallest absolute Gasteiger partial charge is 0.261 e. The third-order valence-corrected chi connectivity index (χ3v) is 5.72. The fourth-order valence-electron chi connectivity index (χ4n) is 3.88. The van der Waals surface area contributed by atoms with Crippen LogP contribution in [0, 0.1) is 0 Å². The highest BCUT2D eigenvalue weighted by molar-refractivity contribution is 5.82. The van der Waals surface area contributed by atoms with E-state index in [0.717, 1.165) is 0 Å². The lowest BCUT2D eigenvalue weighted by atomic mass is 10.1. The lowest BCUT2D eigenvalue weighted by Gasteiger charge is -2.43. The highest BCUT2D eigenvalue weighted by Crippen LogP contribution is 2.12. The molecule has 2 aromatic rings. The molecule has 160 valence electrons. The van der Waals surface area contributed by atoms with Crippen LogP contribution in [0.15, 0.2) is 35.4 Å². The Bertz CT molecular complexity index is 1000. The van der Waals surface area contributed by atoms with E-state index in [9.17, 15) is 18.8 Å². The molecule has 3 unspecified atom stereocenters. The average molecular weight is 416 g/mol. The maximum absolute atomic E-state index is 13.6. The zero-order valence-corrected chi connectivity index (χ0v) is 16.8. The van der Waals surface area contributed by atoms with Crippen molar-refractivity contribution in [2.75, 3.05) is 26.2 Å². The Morgan fingerprint density at radius 1 is 1.20 bits per heavy atom. The quantitative estimate of drug-likeness (QED) is 0.708. The van der Waals surface area contributed by atoms with E-state index in [0.29, 0.717) is 37.1 Å². The van der Waals surface area contributed by atoms with Crippen molar-refractivity contribution in [2.45, 2.75) is 38.4 Å². The molecule has 30 heavy (non-hydrogen) atoms. The minimum Gasteiger partial charge on any atom is -0.340 e. The van der Waals surface area contributed by atoms with Gasteiger partial charge in [-0.2, -0.15) is 0 Å². The number of aryl methyl sites for hydroxylation is 1. The Labute approximate surface area is 172 Å². The number of hydrogen-bond acceptors (Lipinski definition) is 6. The molecule has 3 heterocycles. The molecule has 2 N–H and O–H groups in total. The van der Waals surface area contributed by atoms with Gasteiger partial charge in [-0.05, 0) is 19.1 Å². The van der Waals surface area contributed by atoms with Crippen molar-refractivity contribution in [2.24, 2.45) is 0 Å². The monoisotopic (exact) mass is 416 g/mol. The molecule has 10 heteroatoms. The van der Waals surface area contributed by atoms with E-state index in [-0.39, 0.29) is 24.4 Å². The van der Waals surface area contributed by atoms with Crippen LogP contribution in [-0.2, 0) is 16.1 Å². The number of alkyl halides is 1. The summed E-state index contributed by atoms with van der Waals surface area (Å²) in [5.41, 5.74) is 0.482. The molecule has 0 aliphatic carbocycles. The first kappa shape index (κ1) is 20.4. The fraction of sp³-hybridized carbons (Fsp3) is 0.500. The molecule has 2 aliphatic rings. The van der Waals surface area contributed by atoms with Crippen LogP contribution in [0.2, 0.25) is 0 Å². The van der Waals surface area contributed by atoms with Crippen molar-refractivity contribution in [3.63, 3.8) is 0 Å². The second-order valence-electron chi connectivity index (χ2n) is 7.70. The van der Waals surface area contributed by atoms with E-state index in [2.05, 4.69) is 15.6 Å². The first-order valence-electron chi connectivity index (χ1n) is 10.1. The summed E-state index contributed by atoms with van der Waals surface area (Å²) < 4.78 is 15.1. The Kier molecular flexibility index (Phi) is 5.78. The Balaban J connectivity index is 1.30. The van der Waals surface area contributed by atoms with Gasteiger partial charge in [-0.15, -0.1) is 0 Å². The summed E-state index contributed by atoms with van der Waals surface area (Å²) in [4.78, 5) is 44.9. The zero-order chi connectivity index (χ0) is 21.3. The zero-order valence-electron chi connectivity index (χ0n) is 16.8. The van der Waals surface area contributed by atoms with Crippen LogP contribution in [0.5, 0.6) is 0 Å². The van der Waals surface area contributed by atoms with Gasteiger partial charge in [0.2, 0.25) is 5.91 Å². The number of benzene rings is 1. The highest BCUT2D eigenvalue weighted by atomic mass is 19.1. The first-order valence-corrected chi connectivity index (χ1v) is 10.1. The summed E-state index contributed by atoms with van der Waals surface area (Å²) >= 11 is 0. The second kappa shape index (κ2) is 8.49. The third kappa shape index (κ3) is 4.05. The van der Waals surface area contributed by atoms with Crippen molar-refractivity contribution in [3.8, 4) is 0 Å². The summed E-state index contributed by atoms with van der Waals surface area (Å²) in [7, 11) is 0. The molecule has 2 amide bonds. The Morgan fingerprint density at radius 3 is 2.67 bits per heavy atom. The number of fused-ring (bicyclic) bond motifs is 1. The Hall–Kier alpha value is -2.85. The standard InChI is InChI=1S/C20H25FN6O3/c1-13-17(21)18(29)24-20(23-13)26-10-8-25(9-11-26)16(28)6-7-27-12-22-15-5-3-2-4-14(15)19(27)30/h2-5,12-13,17,20,23H,6-11H2,1H3,(H,24,29). The van der Waals surface area contributed by atoms with E-state index < -0.39 is 24.4 Å². The van der Waals surface area contributed by atoms with E-state index >= 15 is 0 Å². The fourth-order valence-corrected chi connectivity index (χ4v) is 3.88. The lowest BCUT2D eigenvalue weighted by Crippen LogP contribution is -2.69. The van der Waals surface area contributed by atoms with Gasteiger partial charge < -0.3 is 10.2 Å². The van der Waals surface area contributed by atoms with Gasteiger partial charge in [0.15, 0.2) is 6.17 Å². The molecule has 1 aromatic carbocycles. The molecule has 2 fully saturated rings. The van der Waals surface area contributed by atoms with Gasteiger partial charge in [-0.3, -0.25) is 29.2 Å². The Morgan fingerprint density at radius 2 is 1.93 bits per heavy atom. The van der Waals surface area contributed by atoms with E-state index in [1.807, 2.05) is 11.0 Å². The molecule has 4 rings (SSSR count). The molecular weight excluding hydrogens is 391 g/mol. The van der Waals surface area contributed by atoms with Crippen LogP contribution in [-0.4, -0.2) is 75.8 Å². The minimum absolute atomic E-state index is 0.0347. The second-order valence-corrected chi connectivity index (χ2v) is 7.70. The molecule has 2 aliphatic heterocycles. The van der Waals surface area contributed by atoms with Gasteiger partial charge in [0.25, 0.3) is 11.5 Å². The third-order valence-electron chi connectivity index (χ3n) is 5.72. The number of rotatable bonds is 4. The lowest BCUT2D eigenvalue weighted by molar-refractivity contribution is -0.138. The number of piperazine rings is 1. The molecule has 0 bridgehead atoms. The van der Waals surface area contributed by atoms with E-state index in [4.69, 9.17) is 0 Å². The average Bonchev–Trinajstić information content (AvgIpc) is 2.77. The van der Waals surface area contributed by atoms with Crippen LogP contribution >= 0.6 is 0 Å². The van der Waals surface area contributed by atoms with Crippen LogP contribution in [0.25, 0.3) is 10.9 Å². The van der Waals surface area contributed by atoms with Crippen molar-refractivity contribution >= 4 is 22.7 Å². The molecule has 0 radical (unpaired) electrons. The SMILES string of the molecule is CC1NC(N2CCN(C(=O)CCn3cnc4ccccc4c3=O)CC2)NC(=O)C1F. The number of halogens is 1. The molecule has 0 spiro atoms. The van der Waals surface area contributed by atoms with Gasteiger partial charge in [0, 0.05) is 45.2 Å². The van der Waals surface area contributed by atoms with Crippen molar-refractivity contribution in [1.29, 1.82) is 0 Å². The van der Waals surface area contributed by atoms with E-state index in [1.54, 1.807) is 30.0 Å². The highest BCUT2D eigenvalue weighted by Gasteiger charge is 2.37. The van der Waals surface area contributed by atoms with E-state index in [1.165, 1.54) is 10.9 Å². The number of nitrogens with zero attached hydrogens (tertiary/aromatic N) is 4. The number of aromatic nitrogens is 2. The summed E-state index contributed by atoms with van der Waals surface area (Å²) in [6.45, 7) is 4.04. The van der Waals surface area contributed by atoms with Crippen molar-refractivity contribution < 1.29 is 14.0 Å². The van der Waals surface area contributed by atoms with Crippen molar-refractivity contribution in [1.82, 2.24) is 30.0 Å².